The van der Waals surface area contributed by atoms with Crippen LogP contribution < -0.4 is 5.32 Å². The van der Waals surface area contributed by atoms with Gasteiger partial charge in [-0.15, -0.1) is 0 Å². The van der Waals surface area contributed by atoms with Gasteiger partial charge in [-0.3, -0.25) is 0 Å². The molecule has 1 aromatic carbocycles. The molecule has 0 aromatic heterocycles. The van der Waals surface area contributed by atoms with Gasteiger partial charge in [-0.1, -0.05) is 24.3 Å². The van der Waals surface area contributed by atoms with Gasteiger partial charge in [-0.25, -0.2) is 8.42 Å². The smallest absolute Gasteiger partial charge is 0.157 e. The molecule has 3 rings (SSSR count). The third-order valence-corrected chi connectivity index (χ3v) is 6.17. The topological polar surface area (TPSA) is 46.2 Å². The molecule has 92 valence electrons. The number of rotatable bonds is 3. The Labute approximate surface area is 102 Å². The highest BCUT2D eigenvalue weighted by Gasteiger charge is 2.53. The molecule has 1 saturated carbocycles. The van der Waals surface area contributed by atoms with E-state index in [1.54, 1.807) is 0 Å². The standard InChI is InChI=1S/C13H17NO2S/c1-17(15,16)13(6-7-13)12-4-2-10(3-5-12)11-8-14-9-11/h2-5,11,14H,6-9H2,1H3. The minimum atomic E-state index is -2.98. The van der Waals surface area contributed by atoms with E-state index in [4.69, 9.17) is 0 Å². The van der Waals surface area contributed by atoms with E-state index in [0.29, 0.717) is 5.92 Å². The molecule has 0 atom stereocenters. The highest BCUT2D eigenvalue weighted by Crippen LogP contribution is 2.52. The van der Waals surface area contributed by atoms with Crippen LogP contribution in [0.15, 0.2) is 24.3 Å². The van der Waals surface area contributed by atoms with Crippen molar-refractivity contribution in [2.45, 2.75) is 23.5 Å². The fourth-order valence-corrected chi connectivity index (χ4v) is 3.98. The van der Waals surface area contributed by atoms with E-state index >= 15 is 0 Å². The van der Waals surface area contributed by atoms with Crippen molar-refractivity contribution in [3.63, 3.8) is 0 Å². The predicted octanol–water partition coefficient (Wildman–Crippen LogP) is 1.41. The average Bonchev–Trinajstić information content (AvgIpc) is 2.95. The molecule has 0 amide bonds. The molecule has 2 fully saturated rings. The molecule has 2 aliphatic rings. The van der Waals surface area contributed by atoms with Crippen LogP contribution in [0.25, 0.3) is 0 Å². The monoisotopic (exact) mass is 251 g/mol. The van der Waals surface area contributed by atoms with Crippen LogP contribution in [0.3, 0.4) is 0 Å². The number of sulfone groups is 1. The summed E-state index contributed by atoms with van der Waals surface area (Å²) in [6.45, 7) is 2.08. The summed E-state index contributed by atoms with van der Waals surface area (Å²) in [5.41, 5.74) is 2.29. The molecule has 4 heteroatoms. The molecular weight excluding hydrogens is 234 g/mol. The maximum absolute atomic E-state index is 11.8. The zero-order valence-electron chi connectivity index (χ0n) is 9.94. The SMILES string of the molecule is CS(=O)(=O)C1(c2ccc(C3CNC3)cc2)CC1. The molecule has 0 radical (unpaired) electrons. The lowest BCUT2D eigenvalue weighted by Gasteiger charge is -2.27. The van der Waals surface area contributed by atoms with Crippen molar-refractivity contribution >= 4 is 9.84 Å². The molecule has 1 heterocycles. The summed E-state index contributed by atoms with van der Waals surface area (Å²) in [7, 11) is -2.98. The molecule has 0 spiro atoms. The van der Waals surface area contributed by atoms with Gasteiger partial charge in [-0.05, 0) is 24.0 Å². The molecule has 1 N–H and O–H groups in total. The Balaban J connectivity index is 1.90. The van der Waals surface area contributed by atoms with Crippen molar-refractivity contribution in [3.05, 3.63) is 35.4 Å². The maximum atomic E-state index is 11.8. The highest BCUT2D eigenvalue weighted by atomic mass is 32.2. The van der Waals surface area contributed by atoms with Crippen LogP contribution >= 0.6 is 0 Å². The maximum Gasteiger partial charge on any atom is 0.157 e. The summed E-state index contributed by atoms with van der Waals surface area (Å²) in [6, 6.07) is 8.18. The summed E-state index contributed by atoms with van der Waals surface area (Å²) in [4.78, 5) is 0. The molecule has 3 nitrogen and oxygen atoms in total. The van der Waals surface area contributed by atoms with E-state index in [9.17, 15) is 8.42 Å². The van der Waals surface area contributed by atoms with Gasteiger partial charge in [0.1, 0.15) is 0 Å². The largest absolute Gasteiger partial charge is 0.315 e. The first-order chi connectivity index (χ1) is 8.03. The quantitative estimate of drug-likeness (QED) is 0.883. The van der Waals surface area contributed by atoms with Gasteiger partial charge < -0.3 is 5.32 Å². The van der Waals surface area contributed by atoms with Crippen LogP contribution in [0.4, 0.5) is 0 Å². The van der Waals surface area contributed by atoms with Crippen LogP contribution in [-0.2, 0) is 14.6 Å². The first kappa shape index (κ1) is 11.2. The fraction of sp³-hybridized carbons (Fsp3) is 0.538. The van der Waals surface area contributed by atoms with Crippen molar-refractivity contribution in [2.24, 2.45) is 0 Å². The molecule has 0 bridgehead atoms. The Morgan fingerprint density at radius 3 is 2.12 bits per heavy atom. The van der Waals surface area contributed by atoms with Gasteiger partial charge in [0.25, 0.3) is 0 Å². The van der Waals surface area contributed by atoms with Crippen molar-refractivity contribution in [1.82, 2.24) is 5.32 Å². The Kier molecular flexibility index (Phi) is 2.35. The van der Waals surface area contributed by atoms with E-state index in [2.05, 4.69) is 17.4 Å². The number of hydrogen-bond donors (Lipinski definition) is 1. The number of hydrogen-bond acceptors (Lipinski definition) is 3. The van der Waals surface area contributed by atoms with Crippen molar-refractivity contribution < 1.29 is 8.42 Å². The van der Waals surface area contributed by atoms with Gasteiger partial charge in [0, 0.05) is 25.3 Å². The van der Waals surface area contributed by atoms with Crippen LogP contribution in [0, 0.1) is 0 Å². The molecule has 1 saturated heterocycles. The first-order valence-corrected chi connectivity index (χ1v) is 7.93. The average molecular weight is 251 g/mol. The minimum absolute atomic E-state index is 0.566. The lowest BCUT2D eigenvalue weighted by Crippen LogP contribution is -2.39. The Bertz CT molecular complexity index is 525. The zero-order chi connectivity index (χ0) is 12.1. The second-order valence-corrected chi connectivity index (χ2v) is 7.57. The number of benzene rings is 1. The summed E-state index contributed by atoms with van der Waals surface area (Å²) >= 11 is 0. The van der Waals surface area contributed by atoms with E-state index in [1.807, 2.05) is 12.1 Å². The third kappa shape index (κ3) is 1.70. The van der Waals surface area contributed by atoms with E-state index in [1.165, 1.54) is 11.8 Å². The summed E-state index contributed by atoms with van der Waals surface area (Å²) in [5.74, 6) is 0.609. The van der Waals surface area contributed by atoms with Gasteiger partial charge in [0.15, 0.2) is 9.84 Å². The summed E-state index contributed by atoms with van der Waals surface area (Å²) in [6.07, 6.45) is 2.90. The Hall–Kier alpha value is -0.870. The molecule has 1 aliphatic heterocycles. The molecule has 17 heavy (non-hydrogen) atoms. The highest BCUT2D eigenvalue weighted by molar-refractivity contribution is 7.92. The van der Waals surface area contributed by atoms with E-state index in [-0.39, 0.29) is 0 Å². The Morgan fingerprint density at radius 2 is 1.76 bits per heavy atom. The zero-order valence-corrected chi connectivity index (χ0v) is 10.8. The van der Waals surface area contributed by atoms with Crippen molar-refractivity contribution in [2.75, 3.05) is 19.3 Å². The lowest BCUT2D eigenvalue weighted by molar-refractivity contribution is 0.448. The first-order valence-electron chi connectivity index (χ1n) is 6.04. The Morgan fingerprint density at radius 1 is 1.18 bits per heavy atom. The van der Waals surface area contributed by atoms with Crippen molar-refractivity contribution in [1.29, 1.82) is 0 Å². The lowest BCUT2D eigenvalue weighted by atomic mass is 9.92. The summed E-state index contributed by atoms with van der Waals surface area (Å²) in [5, 5.41) is 3.25. The normalized spacial score (nSPS) is 23.1. The third-order valence-electron chi connectivity index (χ3n) is 4.10. The molecular formula is C13H17NO2S. The summed E-state index contributed by atoms with van der Waals surface area (Å²) < 4.78 is 23.0. The minimum Gasteiger partial charge on any atom is -0.315 e. The van der Waals surface area contributed by atoms with E-state index in [0.717, 1.165) is 31.5 Å². The predicted molar refractivity (Wildman–Crippen MR) is 67.8 cm³/mol. The number of nitrogens with one attached hydrogen (secondary N) is 1. The van der Waals surface area contributed by atoms with Gasteiger partial charge in [0.2, 0.25) is 0 Å². The van der Waals surface area contributed by atoms with Gasteiger partial charge >= 0.3 is 0 Å². The fourth-order valence-electron chi connectivity index (χ4n) is 2.57. The second-order valence-electron chi connectivity index (χ2n) is 5.24. The van der Waals surface area contributed by atoms with Gasteiger partial charge in [0.05, 0.1) is 4.75 Å². The van der Waals surface area contributed by atoms with Crippen molar-refractivity contribution in [3.8, 4) is 0 Å². The second kappa shape index (κ2) is 3.56. The molecule has 0 unspecified atom stereocenters. The van der Waals surface area contributed by atoms with Gasteiger partial charge in [-0.2, -0.15) is 0 Å². The van der Waals surface area contributed by atoms with Crippen LogP contribution in [0.2, 0.25) is 0 Å². The molecule has 1 aliphatic carbocycles. The molecule has 1 aromatic rings. The van der Waals surface area contributed by atoms with Crippen LogP contribution in [0.1, 0.15) is 29.9 Å². The van der Waals surface area contributed by atoms with E-state index < -0.39 is 14.6 Å². The van der Waals surface area contributed by atoms with Crippen LogP contribution in [0.5, 0.6) is 0 Å². The van der Waals surface area contributed by atoms with Crippen LogP contribution in [-0.4, -0.2) is 27.8 Å².